The van der Waals surface area contributed by atoms with Gasteiger partial charge < -0.3 is 5.11 Å². The number of rotatable bonds is 2. The van der Waals surface area contributed by atoms with Crippen molar-refractivity contribution in [2.45, 2.75) is 31.1 Å². The lowest BCUT2D eigenvalue weighted by atomic mass is 9.88. The van der Waals surface area contributed by atoms with E-state index in [4.69, 9.17) is 0 Å². The molecule has 1 aliphatic heterocycles. The summed E-state index contributed by atoms with van der Waals surface area (Å²) in [6, 6.07) is 0. The van der Waals surface area contributed by atoms with Crippen LogP contribution < -0.4 is 0 Å². The molecule has 1 nitrogen and oxygen atoms in total. The van der Waals surface area contributed by atoms with Crippen molar-refractivity contribution in [1.29, 1.82) is 0 Å². The van der Waals surface area contributed by atoms with E-state index < -0.39 is 0 Å². The van der Waals surface area contributed by atoms with E-state index in [0.717, 1.165) is 6.42 Å². The first kappa shape index (κ1) is 9.14. The fourth-order valence-corrected chi connectivity index (χ4v) is 3.02. The summed E-state index contributed by atoms with van der Waals surface area (Å²) in [7, 11) is 0. The molecule has 1 aliphatic rings. The molecule has 2 unspecified atom stereocenters. The Morgan fingerprint density at radius 2 is 2.36 bits per heavy atom. The van der Waals surface area contributed by atoms with Gasteiger partial charge in [0.05, 0.1) is 6.10 Å². The molecule has 1 fully saturated rings. The second kappa shape index (κ2) is 3.20. The molecule has 1 rings (SSSR count). The second-order valence-corrected chi connectivity index (χ2v) is 5.32. The molecule has 11 heavy (non-hydrogen) atoms. The van der Waals surface area contributed by atoms with E-state index in [1.54, 1.807) is 6.08 Å². The fraction of sp³-hybridized carbons (Fsp3) is 0.778. The summed E-state index contributed by atoms with van der Waals surface area (Å²) in [6.45, 7) is 8.00. The Morgan fingerprint density at radius 3 is 2.73 bits per heavy atom. The van der Waals surface area contributed by atoms with Gasteiger partial charge in [-0.15, -0.1) is 6.58 Å². The van der Waals surface area contributed by atoms with Gasteiger partial charge in [0.2, 0.25) is 0 Å². The van der Waals surface area contributed by atoms with E-state index in [2.05, 4.69) is 20.4 Å². The van der Waals surface area contributed by atoms with Crippen LogP contribution in [0, 0.1) is 5.92 Å². The first-order valence-electron chi connectivity index (χ1n) is 4.02. The van der Waals surface area contributed by atoms with Gasteiger partial charge in [0, 0.05) is 10.7 Å². The topological polar surface area (TPSA) is 20.2 Å². The van der Waals surface area contributed by atoms with Crippen LogP contribution in [0.15, 0.2) is 12.7 Å². The summed E-state index contributed by atoms with van der Waals surface area (Å²) >= 11 is 1.94. The Kier molecular flexibility index (Phi) is 2.66. The number of aliphatic hydroxyl groups is 1. The van der Waals surface area contributed by atoms with Gasteiger partial charge in [0.25, 0.3) is 0 Å². The van der Waals surface area contributed by atoms with E-state index in [0.29, 0.717) is 5.92 Å². The maximum absolute atomic E-state index is 9.56. The van der Waals surface area contributed by atoms with Crippen molar-refractivity contribution in [3.8, 4) is 0 Å². The second-order valence-electron chi connectivity index (χ2n) is 3.57. The van der Waals surface area contributed by atoms with Gasteiger partial charge in [-0.3, -0.25) is 0 Å². The summed E-state index contributed by atoms with van der Waals surface area (Å²) in [5.41, 5.74) is 0. The Balaban J connectivity index is 2.64. The molecule has 1 heterocycles. The highest BCUT2D eigenvalue weighted by atomic mass is 32.2. The lowest BCUT2D eigenvalue weighted by molar-refractivity contribution is 0.136. The molecule has 0 aliphatic carbocycles. The smallest absolute Gasteiger partial charge is 0.0759 e. The van der Waals surface area contributed by atoms with Crippen molar-refractivity contribution in [2.75, 3.05) is 5.75 Å². The van der Waals surface area contributed by atoms with Crippen LogP contribution >= 0.6 is 11.8 Å². The number of hydrogen-bond acceptors (Lipinski definition) is 2. The molecule has 0 radical (unpaired) electrons. The van der Waals surface area contributed by atoms with Gasteiger partial charge in [-0.25, -0.2) is 0 Å². The van der Waals surface area contributed by atoms with E-state index in [1.165, 1.54) is 5.75 Å². The van der Waals surface area contributed by atoms with Gasteiger partial charge in [-0.2, -0.15) is 11.8 Å². The van der Waals surface area contributed by atoms with Crippen LogP contribution in [0.1, 0.15) is 20.3 Å². The molecule has 0 aromatic heterocycles. The summed E-state index contributed by atoms with van der Waals surface area (Å²) in [4.78, 5) is 0. The molecule has 2 heteroatoms. The van der Waals surface area contributed by atoms with Gasteiger partial charge in [0.1, 0.15) is 0 Å². The molecule has 2 atom stereocenters. The van der Waals surface area contributed by atoms with E-state index in [9.17, 15) is 5.11 Å². The van der Waals surface area contributed by atoms with Crippen LogP contribution in [0.5, 0.6) is 0 Å². The third-order valence-corrected chi connectivity index (χ3v) is 3.94. The predicted molar refractivity (Wildman–Crippen MR) is 50.8 cm³/mol. The molecular formula is C9H16OS. The Labute approximate surface area is 72.9 Å². The van der Waals surface area contributed by atoms with E-state index >= 15 is 0 Å². The van der Waals surface area contributed by atoms with Crippen LogP contribution in [-0.2, 0) is 0 Å². The third kappa shape index (κ3) is 1.79. The summed E-state index contributed by atoms with van der Waals surface area (Å²) in [5.74, 6) is 1.56. The average Bonchev–Trinajstić information content (AvgIpc) is 2.28. The van der Waals surface area contributed by atoms with Gasteiger partial charge in [-0.1, -0.05) is 19.9 Å². The van der Waals surface area contributed by atoms with Crippen molar-refractivity contribution in [2.24, 2.45) is 5.92 Å². The normalized spacial score (nSPS) is 31.7. The maximum atomic E-state index is 9.56. The van der Waals surface area contributed by atoms with Crippen molar-refractivity contribution in [3.05, 3.63) is 12.7 Å². The highest BCUT2D eigenvalue weighted by Crippen LogP contribution is 2.44. The summed E-state index contributed by atoms with van der Waals surface area (Å²) in [5, 5.41) is 9.56. The third-order valence-electron chi connectivity index (χ3n) is 2.45. The van der Waals surface area contributed by atoms with Crippen LogP contribution in [0.3, 0.4) is 0 Å². The minimum Gasteiger partial charge on any atom is -0.389 e. The van der Waals surface area contributed by atoms with Crippen LogP contribution in [0.25, 0.3) is 0 Å². The molecule has 0 aromatic rings. The molecule has 0 bridgehead atoms. The largest absolute Gasteiger partial charge is 0.389 e. The first-order valence-corrected chi connectivity index (χ1v) is 5.01. The summed E-state index contributed by atoms with van der Waals surface area (Å²) < 4.78 is 0.230. The highest BCUT2D eigenvalue weighted by molar-refractivity contribution is 8.00. The van der Waals surface area contributed by atoms with Gasteiger partial charge in [0.15, 0.2) is 0 Å². The zero-order valence-electron chi connectivity index (χ0n) is 7.21. The van der Waals surface area contributed by atoms with Crippen LogP contribution in [0.4, 0.5) is 0 Å². The van der Waals surface area contributed by atoms with Gasteiger partial charge in [-0.05, 0) is 12.2 Å². The molecule has 0 saturated carbocycles. The molecule has 1 N–H and O–H groups in total. The quantitative estimate of drug-likeness (QED) is 0.643. The van der Waals surface area contributed by atoms with Crippen LogP contribution in [-0.4, -0.2) is 21.7 Å². The zero-order chi connectivity index (χ0) is 8.48. The standard InChI is InChI=1S/C9H16OS/c1-4-8(10)7-5-6-11-9(7,2)3/h4,7-8,10H,1,5-6H2,2-3H3. The number of thioether (sulfide) groups is 1. The Bertz CT molecular complexity index is 154. The lowest BCUT2D eigenvalue weighted by Crippen LogP contribution is -2.31. The fourth-order valence-electron chi connectivity index (χ4n) is 1.65. The number of hydrogen-bond donors (Lipinski definition) is 1. The van der Waals surface area contributed by atoms with Crippen molar-refractivity contribution >= 4 is 11.8 Å². The molecule has 0 spiro atoms. The molecule has 1 saturated heterocycles. The Hall–Kier alpha value is 0.0500. The van der Waals surface area contributed by atoms with Gasteiger partial charge >= 0.3 is 0 Å². The van der Waals surface area contributed by atoms with E-state index in [-0.39, 0.29) is 10.9 Å². The SMILES string of the molecule is C=CC(O)C1CCSC1(C)C. The van der Waals surface area contributed by atoms with Crippen LogP contribution in [0.2, 0.25) is 0 Å². The minimum absolute atomic E-state index is 0.230. The first-order chi connectivity index (χ1) is 5.08. The molecular weight excluding hydrogens is 156 g/mol. The molecule has 0 amide bonds. The average molecular weight is 172 g/mol. The monoisotopic (exact) mass is 172 g/mol. The van der Waals surface area contributed by atoms with Crippen molar-refractivity contribution in [3.63, 3.8) is 0 Å². The molecule has 64 valence electrons. The predicted octanol–water partition coefficient (Wildman–Crippen LogP) is 2.06. The molecule has 0 aromatic carbocycles. The Morgan fingerprint density at radius 1 is 1.73 bits per heavy atom. The maximum Gasteiger partial charge on any atom is 0.0759 e. The lowest BCUT2D eigenvalue weighted by Gasteiger charge is -2.28. The minimum atomic E-state index is -0.319. The van der Waals surface area contributed by atoms with Crippen molar-refractivity contribution < 1.29 is 5.11 Å². The highest BCUT2D eigenvalue weighted by Gasteiger charge is 2.38. The van der Waals surface area contributed by atoms with E-state index in [1.807, 2.05) is 11.8 Å². The summed E-state index contributed by atoms with van der Waals surface area (Å²) in [6.07, 6.45) is 2.45. The zero-order valence-corrected chi connectivity index (χ0v) is 8.03. The van der Waals surface area contributed by atoms with Crippen molar-refractivity contribution in [1.82, 2.24) is 0 Å². The number of aliphatic hydroxyl groups excluding tert-OH is 1.